The molecule has 0 aliphatic heterocycles. The minimum Gasteiger partial charge on any atom is -0.494 e. The van der Waals surface area contributed by atoms with Gasteiger partial charge in [0.25, 0.3) is 0 Å². The van der Waals surface area contributed by atoms with Crippen LogP contribution < -0.4 is 15.8 Å². The number of hydrogen-bond donors (Lipinski definition) is 2. The Morgan fingerprint density at radius 1 is 1.50 bits per heavy atom. The Bertz CT molecular complexity index is 419. The maximum Gasteiger partial charge on any atom is 0.244 e. The van der Waals surface area contributed by atoms with Gasteiger partial charge in [-0.1, -0.05) is 13.0 Å². The number of rotatable bonds is 5. The van der Waals surface area contributed by atoms with Crippen molar-refractivity contribution in [2.24, 2.45) is 5.73 Å². The van der Waals surface area contributed by atoms with Crippen molar-refractivity contribution in [1.29, 1.82) is 0 Å². The second-order valence-electron chi connectivity index (χ2n) is 4.49. The lowest BCUT2D eigenvalue weighted by Crippen LogP contribution is -2.37. The summed E-state index contributed by atoms with van der Waals surface area (Å²) in [5.41, 5.74) is 5.91. The van der Waals surface area contributed by atoms with Gasteiger partial charge >= 0.3 is 0 Å². The first-order chi connectivity index (χ1) is 8.14. The SMILES string of the molecule is CCCOc1cccc(NC(=O)C2(N)CC2)c1.Cl. The predicted octanol–water partition coefficient (Wildman–Crippen LogP) is 2.33. The van der Waals surface area contributed by atoms with Crippen LogP contribution in [0.3, 0.4) is 0 Å². The molecular formula is C13H19ClN2O2. The van der Waals surface area contributed by atoms with Gasteiger partial charge in [0.2, 0.25) is 5.91 Å². The molecule has 3 N–H and O–H groups in total. The van der Waals surface area contributed by atoms with E-state index in [1.165, 1.54) is 0 Å². The van der Waals surface area contributed by atoms with Gasteiger partial charge in [0, 0.05) is 11.8 Å². The first-order valence-corrected chi connectivity index (χ1v) is 5.97. The van der Waals surface area contributed by atoms with Crippen LogP contribution in [0.15, 0.2) is 24.3 Å². The lowest BCUT2D eigenvalue weighted by molar-refractivity contribution is -0.118. The van der Waals surface area contributed by atoms with E-state index >= 15 is 0 Å². The van der Waals surface area contributed by atoms with E-state index in [1.54, 1.807) is 0 Å². The molecule has 2 rings (SSSR count). The molecule has 0 bridgehead atoms. The van der Waals surface area contributed by atoms with Crippen molar-refractivity contribution < 1.29 is 9.53 Å². The largest absolute Gasteiger partial charge is 0.494 e. The zero-order valence-electron chi connectivity index (χ0n) is 10.4. The number of carbonyl (C=O) groups excluding carboxylic acids is 1. The Hall–Kier alpha value is -1.26. The summed E-state index contributed by atoms with van der Waals surface area (Å²) in [7, 11) is 0. The molecule has 1 aromatic carbocycles. The number of anilines is 1. The molecular weight excluding hydrogens is 252 g/mol. The number of benzene rings is 1. The predicted molar refractivity (Wildman–Crippen MR) is 74.3 cm³/mol. The van der Waals surface area contributed by atoms with Gasteiger partial charge in [-0.3, -0.25) is 4.79 Å². The van der Waals surface area contributed by atoms with Gasteiger partial charge < -0.3 is 15.8 Å². The van der Waals surface area contributed by atoms with Gasteiger partial charge in [-0.2, -0.15) is 0 Å². The van der Waals surface area contributed by atoms with E-state index in [9.17, 15) is 4.79 Å². The Balaban J connectivity index is 0.00000162. The third-order valence-electron chi connectivity index (χ3n) is 2.81. The van der Waals surface area contributed by atoms with E-state index in [2.05, 4.69) is 12.2 Å². The fraction of sp³-hybridized carbons (Fsp3) is 0.462. The van der Waals surface area contributed by atoms with E-state index in [4.69, 9.17) is 10.5 Å². The Labute approximate surface area is 113 Å². The highest BCUT2D eigenvalue weighted by Crippen LogP contribution is 2.33. The number of halogens is 1. The summed E-state index contributed by atoms with van der Waals surface area (Å²) in [5.74, 6) is 0.664. The highest BCUT2D eigenvalue weighted by Gasteiger charge is 2.45. The smallest absolute Gasteiger partial charge is 0.244 e. The minimum atomic E-state index is -0.639. The maximum atomic E-state index is 11.7. The van der Waals surface area contributed by atoms with Gasteiger partial charge in [-0.05, 0) is 31.4 Å². The lowest BCUT2D eigenvalue weighted by atomic mass is 10.2. The van der Waals surface area contributed by atoms with E-state index in [1.807, 2.05) is 24.3 Å². The highest BCUT2D eigenvalue weighted by atomic mass is 35.5. The molecule has 1 aromatic rings. The van der Waals surface area contributed by atoms with Crippen LogP contribution in [0.4, 0.5) is 5.69 Å². The average molecular weight is 271 g/mol. The first kappa shape index (κ1) is 14.8. The van der Waals surface area contributed by atoms with E-state index in [-0.39, 0.29) is 18.3 Å². The molecule has 1 fully saturated rings. The summed E-state index contributed by atoms with van der Waals surface area (Å²) in [6.07, 6.45) is 2.50. The van der Waals surface area contributed by atoms with Crippen LogP contribution in [0.5, 0.6) is 5.75 Å². The summed E-state index contributed by atoms with van der Waals surface area (Å²) in [6.45, 7) is 2.73. The van der Waals surface area contributed by atoms with Crippen molar-refractivity contribution in [2.75, 3.05) is 11.9 Å². The van der Waals surface area contributed by atoms with Crippen LogP contribution in [0.25, 0.3) is 0 Å². The number of hydrogen-bond acceptors (Lipinski definition) is 3. The quantitative estimate of drug-likeness (QED) is 0.863. The summed E-state index contributed by atoms with van der Waals surface area (Å²) < 4.78 is 5.50. The van der Waals surface area contributed by atoms with Gasteiger partial charge in [-0.25, -0.2) is 0 Å². The van der Waals surface area contributed by atoms with Crippen molar-refractivity contribution in [3.05, 3.63) is 24.3 Å². The zero-order chi connectivity index (χ0) is 12.3. The third-order valence-corrected chi connectivity index (χ3v) is 2.81. The van der Waals surface area contributed by atoms with Crippen molar-refractivity contribution in [2.45, 2.75) is 31.7 Å². The summed E-state index contributed by atoms with van der Waals surface area (Å²) >= 11 is 0. The van der Waals surface area contributed by atoms with Crippen LogP contribution in [0, 0.1) is 0 Å². The molecule has 0 saturated heterocycles. The van der Waals surface area contributed by atoms with Crippen LogP contribution >= 0.6 is 12.4 Å². The minimum absolute atomic E-state index is 0. The molecule has 1 aliphatic rings. The maximum absolute atomic E-state index is 11.7. The molecule has 100 valence electrons. The molecule has 1 aliphatic carbocycles. The molecule has 1 amide bonds. The van der Waals surface area contributed by atoms with Crippen LogP contribution in [-0.4, -0.2) is 18.1 Å². The van der Waals surface area contributed by atoms with Crippen molar-refractivity contribution in [1.82, 2.24) is 0 Å². The third kappa shape index (κ3) is 3.62. The molecule has 18 heavy (non-hydrogen) atoms. The molecule has 5 heteroatoms. The number of nitrogens with one attached hydrogen (secondary N) is 1. The lowest BCUT2D eigenvalue weighted by Gasteiger charge is -2.11. The Morgan fingerprint density at radius 3 is 2.83 bits per heavy atom. The van der Waals surface area contributed by atoms with Crippen molar-refractivity contribution in [3.63, 3.8) is 0 Å². The number of amides is 1. The standard InChI is InChI=1S/C13H18N2O2.ClH/c1-2-8-17-11-5-3-4-10(9-11)15-12(16)13(14)6-7-13;/h3-5,9H,2,6-8,14H2,1H3,(H,15,16);1H. The van der Waals surface area contributed by atoms with Gasteiger partial charge in [0.15, 0.2) is 0 Å². The normalized spacial score (nSPS) is 15.4. The average Bonchev–Trinajstić information content (AvgIpc) is 3.07. The van der Waals surface area contributed by atoms with Crippen molar-refractivity contribution in [3.8, 4) is 5.75 Å². The molecule has 0 spiro atoms. The highest BCUT2D eigenvalue weighted by molar-refractivity contribution is 6.00. The molecule has 1 saturated carbocycles. The summed E-state index contributed by atoms with van der Waals surface area (Å²) in [5, 5.41) is 2.82. The van der Waals surface area contributed by atoms with Gasteiger partial charge in [-0.15, -0.1) is 12.4 Å². The van der Waals surface area contributed by atoms with E-state index < -0.39 is 5.54 Å². The summed E-state index contributed by atoms with van der Waals surface area (Å²) in [6, 6.07) is 7.39. The van der Waals surface area contributed by atoms with Crippen LogP contribution in [-0.2, 0) is 4.79 Å². The van der Waals surface area contributed by atoms with Crippen LogP contribution in [0.2, 0.25) is 0 Å². The fourth-order valence-corrected chi connectivity index (χ4v) is 1.50. The molecule has 0 heterocycles. The summed E-state index contributed by atoms with van der Waals surface area (Å²) in [4.78, 5) is 11.7. The number of ether oxygens (including phenoxy) is 1. The van der Waals surface area contributed by atoms with Gasteiger partial charge in [0.1, 0.15) is 5.75 Å². The molecule has 0 unspecified atom stereocenters. The molecule has 0 aromatic heterocycles. The van der Waals surface area contributed by atoms with Crippen LogP contribution in [0.1, 0.15) is 26.2 Å². The second-order valence-corrected chi connectivity index (χ2v) is 4.49. The zero-order valence-corrected chi connectivity index (χ0v) is 11.3. The van der Waals surface area contributed by atoms with E-state index in [0.29, 0.717) is 6.61 Å². The van der Waals surface area contributed by atoms with Crippen molar-refractivity contribution >= 4 is 24.0 Å². The molecule has 0 atom stereocenters. The first-order valence-electron chi connectivity index (χ1n) is 5.97. The number of nitrogens with two attached hydrogens (primary N) is 1. The monoisotopic (exact) mass is 270 g/mol. The Kier molecular flexibility index (Phi) is 4.99. The molecule has 4 nitrogen and oxygen atoms in total. The second kappa shape index (κ2) is 6.07. The van der Waals surface area contributed by atoms with Gasteiger partial charge in [0.05, 0.1) is 12.1 Å². The topological polar surface area (TPSA) is 64.3 Å². The van der Waals surface area contributed by atoms with E-state index in [0.717, 1.165) is 30.7 Å². The fourth-order valence-electron chi connectivity index (χ4n) is 1.50. The molecule has 0 radical (unpaired) electrons. The Morgan fingerprint density at radius 2 is 2.22 bits per heavy atom. The number of carbonyl (C=O) groups is 1.